The van der Waals surface area contributed by atoms with Crippen LogP contribution in [0.1, 0.15) is 19.3 Å². The first-order valence-electron chi connectivity index (χ1n) is 5.26. The van der Waals surface area contributed by atoms with Gasteiger partial charge < -0.3 is 5.32 Å². The van der Waals surface area contributed by atoms with Crippen LogP contribution in [0.4, 0.5) is 5.69 Å². The van der Waals surface area contributed by atoms with Gasteiger partial charge in [-0.3, -0.25) is 4.79 Å². The van der Waals surface area contributed by atoms with Crippen molar-refractivity contribution in [2.75, 3.05) is 16.9 Å². The van der Waals surface area contributed by atoms with Gasteiger partial charge in [-0.15, -0.1) is 11.8 Å². The number of carbonyl (C=O) groups excluding carboxylic acids is 1. The smallest absolute Gasteiger partial charge is 0.224 e. The molecule has 1 rings (SSSR count). The highest BCUT2D eigenvalue weighted by atomic mass is 79.9. The number of hydrogen-bond acceptors (Lipinski definition) is 2. The lowest BCUT2D eigenvalue weighted by molar-refractivity contribution is -0.116. The normalized spacial score (nSPS) is 10.1. The molecule has 1 amide bonds. The van der Waals surface area contributed by atoms with E-state index >= 15 is 0 Å². The largest absolute Gasteiger partial charge is 0.326 e. The topological polar surface area (TPSA) is 29.1 Å². The van der Waals surface area contributed by atoms with Gasteiger partial charge in [0, 0.05) is 22.3 Å². The van der Waals surface area contributed by atoms with Gasteiger partial charge in [0.1, 0.15) is 0 Å². The molecular formula is C12H16BrNOS. The average molecular weight is 302 g/mol. The van der Waals surface area contributed by atoms with Gasteiger partial charge in [-0.25, -0.2) is 0 Å². The molecule has 0 radical (unpaired) electrons. The highest BCUT2D eigenvalue weighted by Crippen LogP contribution is 2.19. The fourth-order valence-electron chi connectivity index (χ4n) is 1.30. The standard InChI is InChI=1S/C12H16BrNOS/c1-16-11-6-4-5-10(9-11)14-12(15)7-2-3-8-13/h4-6,9H,2-3,7-8H2,1H3,(H,14,15). The minimum Gasteiger partial charge on any atom is -0.326 e. The van der Waals surface area contributed by atoms with Crippen molar-refractivity contribution in [1.82, 2.24) is 0 Å². The first kappa shape index (κ1) is 13.6. The first-order valence-corrected chi connectivity index (χ1v) is 7.60. The van der Waals surface area contributed by atoms with Crippen LogP contribution >= 0.6 is 27.7 Å². The number of thioether (sulfide) groups is 1. The summed E-state index contributed by atoms with van der Waals surface area (Å²) in [6.07, 6.45) is 4.59. The molecule has 0 aromatic heterocycles. The summed E-state index contributed by atoms with van der Waals surface area (Å²) in [4.78, 5) is 12.7. The molecule has 0 fully saturated rings. The molecule has 0 saturated carbocycles. The molecule has 0 spiro atoms. The van der Waals surface area contributed by atoms with Crippen molar-refractivity contribution in [3.05, 3.63) is 24.3 Å². The SMILES string of the molecule is CSc1cccc(NC(=O)CCCCBr)c1. The summed E-state index contributed by atoms with van der Waals surface area (Å²) in [5.41, 5.74) is 0.885. The molecule has 0 atom stereocenters. The molecule has 0 aliphatic rings. The van der Waals surface area contributed by atoms with Crippen LogP contribution in [-0.2, 0) is 4.79 Å². The zero-order valence-electron chi connectivity index (χ0n) is 9.33. The first-order chi connectivity index (χ1) is 7.76. The van der Waals surface area contributed by atoms with Crippen LogP contribution in [0.25, 0.3) is 0 Å². The van der Waals surface area contributed by atoms with Crippen LogP contribution in [0, 0.1) is 0 Å². The molecular weight excluding hydrogens is 286 g/mol. The second kappa shape index (κ2) is 7.74. The second-order valence-corrected chi connectivity index (χ2v) is 5.10. The van der Waals surface area contributed by atoms with Crippen molar-refractivity contribution in [3.8, 4) is 0 Å². The maximum Gasteiger partial charge on any atom is 0.224 e. The summed E-state index contributed by atoms with van der Waals surface area (Å²) in [6.45, 7) is 0. The maximum absolute atomic E-state index is 11.6. The Labute approximate surface area is 109 Å². The Morgan fingerprint density at radius 1 is 1.44 bits per heavy atom. The molecule has 1 N–H and O–H groups in total. The van der Waals surface area contributed by atoms with Crippen LogP contribution in [0.15, 0.2) is 29.2 Å². The number of unbranched alkanes of at least 4 members (excludes halogenated alkanes) is 1. The Bertz CT molecular complexity index is 344. The molecule has 0 aliphatic heterocycles. The zero-order chi connectivity index (χ0) is 11.8. The van der Waals surface area contributed by atoms with Gasteiger partial charge in [0.2, 0.25) is 5.91 Å². The molecule has 0 bridgehead atoms. The van der Waals surface area contributed by atoms with Crippen molar-refractivity contribution < 1.29 is 4.79 Å². The number of halogens is 1. The Balaban J connectivity index is 2.43. The molecule has 1 aromatic carbocycles. The van der Waals surface area contributed by atoms with Crippen LogP contribution < -0.4 is 5.32 Å². The third-order valence-electron chi connectivity index (χ3n) is 2.14. The monoisotopic (exact) mass is 301 g/mol. The second-order valence-electron chi connectivity index (χ2n) is 3.43. The van der Waals surface area contributed by atoms with Crippen LogP contribution in [0.2, 0.25) is 0 Å². The summed E-state index contributed by atoms with van der Waals surface area (Å²) in [7, 11) is 0. The van der Waals surface area contributed by atoms with Crippen molar-refractivity contribution in [3.63, 3.8) is 0 Å². The van der Waals surface area contributed by atoms with E-state index in [0.717, 1.165) is 23.9 Å². The van der Waals surface area contributed by atoms with Gasteiger partial charge >= 0.3 is 0 Å². The highest BCUT2D eigenvalue weighted by Gasteiger charge is 2.02. The van der Waals surface area contributed by atoms with E-state index in [1.54, 1.807) is 11.8 Å². The van der Waals surface area contributed by atoms with Crippen LogP contribution in [-0.4, -0.2) is 17.5 Å². The van der Waals surface area contributed by atoms with E-state index in [4.69, 9.17) is 0 Å². The predicted molar refractivity (Wildman–Crippen MR) is 74.5 cm³/mol. The Morgan fingerprint density at radius 3 is 2.94 bits per heavy atom. The third kappa shape index (κ3) is 5.03. The minimum absolute atomic E-state index is 0.0965. The summed E-state index contributed by atoms with van der Waals surface area (Å²) in [6, 6.07) is 7.90. The van der Waals surface area contributed by atoms with Gasteiger partial charge in [0.15, 0.2) is 0 Å². The fourth-order valence-corrected chi connectivity index (χ4v) is 2.16. The van der Waals surface area contributed by atoms with E-state index in [1.807, 2.05) is 30.5 Å². The van der Waals surface area contributed by atoms with Crippen molar-refractivity contribution >= 4 is 39.3 Å². The highest BCUT2D eigenvalue weighted by molar-refractivity contribution is 9.09. The number of benzene rings is 1. The molecule has 16 heavy (non-hydrogen) atoms. The summed E-state index contributed by atoms with van der Waals surface area (Å²) in [5, 5.41) is 3.87. The van der Waals surface area contributed by atoms with Crippen LogP contribution in [0.3, 0.4) is 0 Å². The summed E-state index contributed by atoms with van der Waals surface area (Å²) < 4.78 is 0. The van der Waals surface area contributed by atoms with Crippen molar-refractivity contribution in [2.24, 2.45) is 0 Å². The molecule has 0 heterocycles. The molecule has 0 aliphatic carbocycles. The number of alkyl halides is 1. The average Bonchev–Trinajstić information content (AvgIpc) is 2.29. The molecule has 1 aromatic rings. The van der Waals surface area contributed by atoms with E-state index in [9.17, 15) is 4.79 Å². The number of amides is 1. The van der Waals surface area contributed by atoms with E-state index in [1.165, 1.54) is 4.90 Å². The van der Waals surface area contributed by atoms with E-state index in [2.05, 4.69) is 21.2 Å². The van der Waals surface area contributed by atoms with Crippen molar-refractivity contribution in [1.29, 1.82) is 0 Å². The summed E-state index contributed by atoms with van der Waals surface area (Å²) >= 11 is 5.02. The lowest BCUT2D eigenvalue weighted by atomic mass is 10.2. The Hall–Kier alpha value is -0.480. The molecule has 0 saturated heterocycles. The van der Waals surface area contributed by atoms with Crippen LogP contribution in [0.5, 0.6) is 0 Å². The predicted octanol–water partition coefficient (Wildman–Crippen LogP) is 3.91. The molecule has 88 valence electrons. The lowest BCUT2D eigenvalue weighted by Gasteiger charge is -2.05. The number of rotatable bonds is 6. The molecule has 0 unspecified atom stereocenters. The number of nitrogens with one attached hydrogen (secondary N) is 1. The number of anilines is 1. The number of hydrogen-bond donors (Lipinski definition) is 1. The number of carbonyl (C=O) groups is 1. The Morgan fingerprint density at radius 2 is 2.25 bits per heavy atom. The van der Waals surface area contributed by atoms with Gasteiger partial charge in [0.25, 0.3) is 0 Å². The zero-order valence-corrected chi connectivity index (χ0v) is 11.7. The van der Waals surface area contributed by atoms with Gasteiger partial charge in [0.05, 0.1) is 0 Å². The van der Waals surface area contributed by atoms with Crippen molar-refractivity contribution in [2.45, 2.75) is 24.2 Å². The summed E-state index contributed by atoms with van der Waals surface area (Å²) in [5.74, 6) is 0.0965. The Kier molecular flexibility index (Phi) is 6.57. The minimum atomic E-state index is 0.0965. The quantitative estimate of drug-likeness (QED) is 0.490. The molecule has 2 nitrogen and oxygen atoms in total. The van der Waals surface area contributed by atoms with Gasteiger partial charge in [-0.05, 0) is 37.3 Å². The fraction of sp³-hybridized carbons (Fsp3) is 0.417. The maximum atomic E-state index is 11.6. The lowest BCUT2D eigenvalue weighted by Crippen LogP contribution is -2.11. The molecule has 4 heteroatoms. The van der Waals surface area contributed by atoms with E-state index in [-0.39, 0.29) is 5.91 Å². The van der Waals surface area contributed by atoms with E-state index in [0.29, 0.717) is 6.42 Å². The van der Waals surface area contributed by atoms with Gasteiger partial charge in [-0.2, -0.15) is 0 Å². The third-order valence-corrected chi connectivity index (χ3v) is 3.43. The van der Waals surface area contributed by atoms with Gasteiger partial charge in [-0.1, -0.05) is 22.0 Å². The van der Waals surface area contributed by atoms with E-state index < -0.39 is 0 Å².